The lowest BCUT2D eigenvalue weighted by molar-refractivity contribution is 0.0983. The first-order chi connectivity index (χ1) is 7.60. The summed E-state index contributed by atoms with van der Waals surface area (Å²) >= 11 is 0. The molecule has 0 amide bonds. The van der Waals surface area contributed by atoms with E-state index in [1.54, 1.807) is 7.11 Å². The van der Waals surface area contributed by atoms with Crippen LogP contribution in [0, 0.1) is 25.2 Å². The number of aryl methyl sites for hydroxylation is 2. The van der Waals surface area contributed by atoms with Gasteiger partial charge in [0, 0.05) is 18.4 Å². The Morgan fingerprint density at radius 3 is 2.62 bits per heavy atom. The molecule has 3 heteroatoms. The number of ether oxygens (including phenoxy) is 1. The zero-order valence-electron chi connectivity index (χ0n) is 9.83. The van der Waals surface area contributed by atoms with E-state index >= 15 is 0 Å². The predicted molar refractivity (Wildman–Crippen MR) is 61.6 cm³/mol. The van der Waals surface area contributed by atoms with Gasteiger partial charge in [-0.25, -0.2) is 0 Å². The summed E-state index contributed by atoms with van der Waals surface area (Å²) in [5.41, 5.74) is 2.52. The molecule has 0 radical (unpaired) electrons. The Hall–Kier alpha value is -1.82. The maximum atomic E-state index is 11.8. The van der Waals surface area contributed by atoms with Crippen molar-refractivity contribution in [3.63, 3.8) is 0 Å². The molecule has 1 aromatic rings. The second kappa shape index (κ2) is 5.32. The largest absolute Gasteiger partial charge is 0.496 e. The van der Waals surface area contributed by atoms with Crippen LogP contribution in [-0.2, 0) is 0 Å². The number of carbonyl (C=O) groups is 1. The van der Waals surface area contributed by atoms with Crippen molar-refractivity contribution in [2.75, 3.05) is 7.11 Å². The van der Waals surface area contributed by atoms with E-state index in [-0.39, 0.29) is 18.6 Å². The van der Waals surface area contributed by atoms with Crippen molar-refractivity contribution < 1.29 is 9.53 Å². The third-order valence-corrected chi connectivity index (χ3v) is 2.51. The standard InChI is InChI=1S/C13H15NO2/c1-9-8-13(16-3)10(2)7-11(9)12(15)5-4-6-14/h7-8H,4-5H2,1-3H3. The minimum atomic E-state index is 0.0183. The van der Waals surface area contributed by atoms with Crippen molar-refractivity contribution in [2.24, 2.45) is 0 Å². The summed E-state index contributed by atoms with van der Waals surface area (Å²) in [5, 5.41) is 8.45. The number of carbonyl (C=O) groups excluding carboxylic acids is 1. The molecule has 0 bridgehead atoms. The molecule has 16 heavy (non-hydrogen) atoms. The number of methoxy groups -OCH3 is 1. The van der Waals surface area contributed by atoms with Crippen LogP contribution in [0.25, 0.3) is 0 Å². The van der Waals surface area contributed by atoms with Gasteiger partial charge in [0.15, 0.2) is 5.78 Å². The van der Waals surface area contributed by atoms with E-state index in [1.165, 1.54) is 0 Å². The number of benzene rings is 1. The van der Waals surface area contributed by atoms with Crippen molar-refractivity contribution in [3.05, 3.63) is 28.8 Å². The monoisotopic (exact) mass is 217 g/mol. The van der Waals surface area contributed by atoms with E-state index in [9.17, 15) is 4.79 Å². The molecule has 0 saturated carbocycles. The molecule has 0 unspecified atom stereocenters. The topological polar surface area (TPSA) is 50.1 Å². The van der Waals surface area contributed by atoms with Gasteiger partial charge in [0.1, 0.15) is 5.75 Å². The lowest BCUT2D eigenvalue weighted by Crippen LogP contribution is -2.03. The highest BCUT2D eigenvalue weighted by Crippen LogP contribution is 2.23. The van der Waals surface area contributed by atoms with Crippen LogP contribution < -0.4 is 4.74 Å². The normalized spacial score (nSPS) is 9.62. The smallest absolute Gasteiger partial charge is 0.164 e. The highest BCUT2D eigenvalue weighted by molar-refractivity contribution is 5.97. The summed E-state index contributed by atoms with van der Waals surface area (Å²) in [6.07, 6.45) is 0.548. The summed E-state index contributed by atoms with van der Waals surface area (Å²) in [7, 11) is 1.61. The maximum Gasteiger partial charge on any atom is 0.164 e. The molecular weight excluding hydrogens is 202 g/mol. The molecule has 0 spiro atoms. The average Bonchev–Trinajstić information content (AvgIpc) is 2.28. The lowest BCUT2D eigenvalue weighted by atomic mass is 9.99. The van der Waals surface area contributed by atoms with Crippen LogP contribution >= 0.6 is 0 Å². The fraction of sp³-hybridized carbons (Fsp3) is 0.385. The molecule has 1 aromatic carbocycles. The van der Waals surface area contributed by atoms with Gasteiger partial charge in [-0.15, -0.1) is 0 Å². The Morgan fingerprint density at radius 2 is 2.06 bits per heavy atom. The van der Waals surface area contributed by atoms with E-state index in [0.29, 0.717) is 5.56 Å². The van der Waals surface area contributed by atoms with E-state index in [0.717, 1.165) is 16.9 Å². The zero-order chi connectivity index (χ0) is 12.1. The van der Waals surface area contributed by atoms with Crippen LogP contribution in [-0.4, -0.2) is 12.9 Å². The van der Waals surface area contributed by atoms with Gasteiger partial charge in [0.25, 0.3) is 0 Å². The first-order valence-corrected chi connectivity index (χ1v) is 5.15. The van der Waals surface area contributed by atoms with E-state index in [4.69, 9.17) is 10.00 Å². The second-order valence-electron chi connectivity index (χ2n) is 3.72. The van der Waals surface area contributed by atoms with Gasteiger partial charge in [-0.3, -0.25) is 4.79 Å². The molecule has 0 aliphatic carbocycles. The zero-order valence-corrected chi connectivity index (χ0v) is 9.83. The molecule has 0 saturated heterocycles. The SMILES string of the molecule is COc1cc(C)c(C(=O)CCC#N)cc1C. The molecule has 0 aromatic heterocycles. The van der Waals surface area contributed by atoms with Crippen LogP contribution in [0.5, 0.6) is 5.75 Å². The Kier molecular flexibility index (Phi) is 4.07. The van der Waals surface area contributed by atoms with Crippen molar-refractivity contribution in [1.29, 1.82) is 5.26 Å². The van der Waals surface area contributed by atoms with Crippen molar-refractivity contribution in [2.45, 2.75) is 26.7 Å². The Balaban J connectivity index is 3.02. The van der Waals surface area contributed by atoms with Gasteiger partial charge >= 0.3 is 0 Å². The number of hydrogen-bond acceptors (Lipinski definition) is 3. The third kappa shape index (κ3) is 2.60. The lowest BCUT2D eigenvalue weighted by Gasteiger charge is -2.09. The summed E-state index contributed by atoms with van der Waals surface area (Å²) < 4.78 is 5.18. The number of Topliss-reactive ketones (excluding diaryl/α,β-unsaturated/α-hetero) is 1. The molecular formula is C13H15NO2. The molecule has 0 aliphatic heterocycles. The Bertz CT molecular complexity index is 444. The number of nitriles is 1. The minimum Gasteiger partial charge on any atom is -0.496 e. The molecule has 0 atom stereocenters. The molecule has 0 fully saturated rings. The second-order valence-corrected chi connectivity index (χ2v) is 3.72. The summed E-state index contributed by atoms with van der Waals surface area (Å²) in [6.45, 7) is 3.78. The number of hydrogen-bond donors (Lipinski definition) is 0. The highest BCUT2D eigenvalue weighted by atomic mass is 16.5. The van der Waals surface area contributed by atoms with Crippen molar-refractivity contribution in [3.8, 4) is 11.8 Å². The van der Waals surface area contributed by atoms with Crippen LogP contribution in [0.4, 0.5) is 0 Å². The summed E-state index contributed by atoms with van der Waals surface area (Å²) in [5.74, 6) is 0.805. The fourth-order valence-corrected chi connectivity index (χ4v) is 1.61. The minimum absolute atomic E-state index is 0.0183. The third-order valence-electron chi connectivity index (χ3n) is 2.51. The number of rotatable bonds is 4. The van der Waals surface area contributed by atoms with Gasteiger partial charge < -0.3 is 4.74 Å². The summed E-state index contributed by atoms with van der Waals surface area (Å²) in [6, 6.07) is 5.66. The highest BCUT2D eigenvalue weighted by Gasteiger charge is 2.11. The van der Waals surface area contributed by atoms with Gasteiger partial charge in [-0.05, 0) is 37.1 Å². The van der Waals surface area contributed by atoms with Crippen LogP contribution in [0.15, 0.2) is 12.1 Å². The van der Waals surface area contributed by atoms with E-state index < -0.39 is 0 Å². The van der Waals surface area contributed by atoms with Gasteiger partial charge in [-0.2, -0.15) is 5.26 Å². The first-order valence-electron chi connectivity index (χ1n) is 5.15. The molecule has 0 heterocycles. The average molecular weight is 217 g/mol. The molecule has 1 rings (SSSR count). The molecule has 84 valence electrons. The molecule has 0 aliphatic rings. The molecule has 0 N–H and O–H groups in total. The van der Waals surface area contributed by atoms with Gasteiger partial charge in [0.05, 0.1) is 13.2 Å². The number of ketones is 1. The van der Waals surface area contributed by atoms with Crippen LogP contribution in [0.3, 0.4) is 0 Å². The first kappa shape index (κ1) is 12.3. The van der Waals surface area contributed by atoms with E-state index in [1.807, 2.05) is 32.0 Å². The van der Waals surface area contributed by atoms with Gasteiger partial charge in [-0.1, -0.05) is 0 Å². The number of nitrogens with zero attached hydrogens (tertiary/aromatic N) is 1. The quantitative estimate of drug-likeness (QED) is 0.728. The predicted octanol–water partition coefficient (Wildman–Crippen LogP) is 2.80. The Morgan fingerprint density at radius 1 is 1.38 bits per heavy atom. The molecule has 3 nitrogen and oxygen atoms in total. The fourth-order valence-electron chi connectivity index (χ4n) is 1.61. The van der Waals surface area contributed by atoms with Crippen molar-refractivity contribution >= 4 is 5.78 Å². The maximum absolute atomic E-state index is 11.8. The van der Waals surface area contributed by atoms with Gasteiger partial charge in [0.2, 0.25) is 0 Å². The van der Waals surface area contributed by atoms with Crippen molar-refractivity contribution in [1.82, 2.24) is 0 Å². The summed E-state index contributed by atoms with van der Waals surface area (Å²) in [4.78, 5) is 11.8. The Labute approximate surface area is 95.7 Å². The van der Waals surface area contributed by atoms with Crippen LogP contribution in [0.2, 0.25) is 0 Å². The van der Waals surface area contributed by atoms with E-state index in [2.05, 4.69) is 0 Å². The van der Waals surface area contributed by atoms with Crippen LogP contribution in [0.1, 0.15) is 34.3 Å².